The zero-order chi connectivity index (χ0) is 13.4. The number of hydrogen-bond acceptors (Lipinski definition) is 3. The van der Waals surface area contributed by atoms with Gasteiger partial charge in [-0.25, -0.2) is 0 Å². The van der Waals surface area contributed by atoms with Crippen LogP contribution in [0.25, 0.3) is 0 Å². The van der Waals surface area contributed by atoms with Crippen LogP contribution in [-0.2, 0) is 4.79 Å². The summed E-state index contributed by atoms with van der Waals surface area (Å²) in [6.45, 7) is 6.40. The monoisotopic (exact) mass is 285 g/mol. The lowest BCUT2D eigenvalue weighted by Crippen LogP contribution is -2.26. The average Bonchev–Trinajstić information content (AvgIpc) is 2.36. The molecule has 0 heterocycles. The van der Waals surface area contributed by atoms with Gasteiger partial charge in [0.05, 0.1) is 18.9 Å². The first-order chi connectivity index (χ1) is 8.61. The van der Waals surface area contributed by atoms with Gasteiger partial charge in [-0.2, -0.15) is 0 Å². The minimum absolute atomic E-state index is 0.0596. The molecular weight excluding hydrogens is 270 g/mol. The summed E-state index contributed by atoms with van der Waals surface area (Å²) in [6, 6.07) is 7.65. The second kappa shape index (κ2) is 8.06. The second-order valence-electron chi connectivity index (χ2n) is 3.49. The van der Waals surface area contributed by atoms with Crippen molar-refractivity contribution >= 4 is 29.3 Å². The lowest BCUT2D eigenvalue weighted by atomic mass is 10.3. The number of halogens is 1. The third kappa shape index (κ3) is 5.98. The predicted octanol–water partition coefficient (Wildman–Crippen LogP) is 3.05. The van der Waals surface area contributed by atoms with Crippen molar-refractivity contribution in [2.75, 3.05) is 18.9 Å². The number of ether oxygens (including phenoxy) is 1. The second-order valence-corrected chi connectivity index (χ2v) is 5.07. The third-order valence-corrected chi connectivity index (χ3v) is 3.13. The highest BCUT2D eigenvalue weighted by Gasteiger charge is 2.03. The Balaban J connectivity index is 2.34. The molecule has 5 heteroatoms. The lowest BCUT2D eigenvalue weighted by Gasteiger charge is -2.05. The first kappa shape index (κ1) is 14.9. The van der Waals surface area contributed by atoms with Gasteiger partial charge in [-0.3, -0.25) is 4.79 Å². The molecule has 0 aliphatic carbocycles. The predicted molar refractivity (Wildman–Crippen MR) is 76.3 cm³/mol. The van der Waals surface area contributed by atoms with E-state index in [4.69, 9.17) is 16.3 Å². The van der Waals surface area contributed by atoms with E-state index in [-0.39, 0.29) is 5.91 Å². The number of carbonyl (C=O) groups excluding carboxylic acids is 1. The van der Waals surface area contributed by atoms with E-state index in [1.54, 1.807) is 0 Å². The molecule has 1 amide bonds. The summed E-state index contributed by atoms with van der Waals surface area (Å²) in [5, 5.41) is 3.09. The van der Waals surface area contributed by atoms with Crippen molar-refractivity contribution in [2.45, 2.75) is 11.8 Å². The van der Waals surface area contributed by atoms with Gasteiger partial charge in [0.1, 0.15) is 5.75 Å². The number of benzene rings is 1. The summed E-state index contributed by atoms with van der Waals surface area (Å²) in [5.41, 5.74) is 0. The Labute approximate surface area is 117 Å². The van der Waals surface area contributed by atoms with Gasteiger partial charge in [0.25, 0.3) is 0 Å². The normalized spacial score (nSPS) is 9.89. The van der Waals surface area contributed by atoms with Gasteiger partial charge in [0, 0.05) is 9.93 Å². The molecule has 0 aliphatic heterocycles. The van der Waals surface area contributed by atoms with E-state index in [1.165, 1.54) is 11.8 Å². The standard InChI is InChI=1S/C13H16ClNO2S/c1-3-17-11-4-6-12(7-5-11)18-9-13(16)15-8-10(2)14/h4-7H,2-3,8-9H2,1H3,(H,15,16). The summed E-state index contributed by atoms with van der Waals surface area (Å²) < 4.78 is 5.34. The Hall–Kier alpha value is -1.13. The molecule has 1 aromatic rings. The van der Waals surface area contributed by atoms with E-state index in [0.717, 1.165) is 10.6 Å². The van der Waals surface area contributed by atoms with Gasteiger partial charge in [-0.1, -0.05) is 18.2 Å². The van der Waals surface area contributed by atoms with Gasteiger partial charge in [0.15, 0.2) is 0 Å². The molecule has 0 saturated carbocycles. The number of rotatable bonds is 7. The van der Waals surface area contributed by atoms with Crippen LogP contribution in [0.15, 0.2) is 40.8 Å². The Kier molecular flexibility index (Phi) is 6.68. The highest BCUT2D eigenvalue weighted by molar-refractivity contribution is 8.00. The number of nitrogens with one attached hydrogen (secondary N) is 1. The average molecular weight is 286 g/mol. The highest BCUT2D eigenvalue weighted by Crippen LogP contribution is 2.21. The fourth-order valence-corrected chi connectivity index (χ4v) is 1.99. The van der Waals surface area contributed by atoms with E-state index < -0.39 is 0 Å². The van der Waals surface area contributed by atoms with Crippen LogP contribution in [0.1, 0.15) is 6.92 Å². The highest BCUT2D eigenvalue weighted by atomic mass is 35.5. The van der Waals surface area contributed by atoms with Gasteiger partial charge < -0.3 is 10.1 Å². The van der Waals surface area contributed by atoms with Gasteiger partial charge in [-0.15, -0.1) is 11.8 Å². The van der Waals surface area contributed by atoms with Crippen molar-refractivity contribution < 1.29 is 9.53 Å². The van der Waals surface area contributed by atoms with Crippen molar-refractivity contribution in [2.24, 2.45) is 0 Å². The maximum atomic E-state index is 11.4. The van der Waals surface area contributed by atoms with Crippen molar-refractivity contribution in [3.05, 3.63) is 35.9 Å². The summed E-state index contributed by atoms with van der Waals surface area (Å²) in [4.78, 5) is 12.5. The number of thioether (sulfide) groups is 1. The molecule has 98 valence electrons. The van der Waals surface area contributed by atoms with Crippen LogP contribution in [-0.4, -0.2) is 24.8 Å². The van der Waals surface area contributed by atoms with Gasteiger partial charge in [0.2, 0.25) is 5.91 Å². The van der Waals surface area contributed by atoms with E-state index in [9.17, 15) is 4.79 Å². The maximum absolute atomic E-state index is 11.4. The van der Waals surface area contributed by atoms with Crippen molar-refractivity contribution in [3.63, 3.8) is 0 Å². The topological polar surface area (TPSA) is 38.3 Å². The lowest BCUT2D eigenvalue weighted by molar-refractivity contribution is -0.118. The van der Waals surface area contributed by atoms with Crippen LogP contribution in [0.5, 0.6) is 5.75 Å². The summed E-state index contributed by atoms with van der Waals surface area (Å²) >= 11 is 7.02. The van der Waals surface area contributed by atoms with Crippen LogP contribution in [0.2, 0.25) is 0 Å². The van der Waals surface area contributed by atoms with Crippen molar-refractivity contribution in [1.29, 1.82) is 0 Å². The largest absolute Gasteiger partial charge is 0.494 e. The zero-order valence-electron chi connectivity index (χ0n) is 10.2. The van der Waals surface area contributed by atoms with E-state index in [2.05, 4.69) is 11.9 Å². The molecule has 0 aliphatic rings. The van der Waals surface area contributed by atoms with Crippen LogP contribution >= 0.6 is 23.4 Å². The molecule has 0 fully saturated rings. The van der Waals surface area contributed by atoms with E-state index in [1.807, 2.05) is 31.2 Å². The zero-order valence-corrected chi connectivity index (χ0v) is 11.8. The van der Waals surface area contributed by atoms with Crippen molar-refractivity contribution in [1.82, 2.24) is 5.32 Å². The van der Waals surface area contributed by atoms with Crippen molar-refractivity contribution in [3.8, 4) is 5.75 Å². The Morgan fingerprint density at radius 2 is 2.11 bits per heavy atom. The minimum Gasteiger partial charge on any atom is -0.494 e. The molecule has 1 rings (SSSR count). The first-order valence-electron chi connectivity index (χ1n) is 5.57. The number of hydrogen-bond donors (Lipinski definition) is 1. The van der Waals surface area contributed by atoms with Crippen LogP contribution in [0.3, 0.4) is 0 Å². The quantitative estimate of drug-likeness (QED) is 0.783. The Morgan fingerprint density at radius 1 is 1.44 bits per heavy atom. The van der Waals surface area contributed by atoms with Crippen LogP contribution in [0.4, 0.5) is 0 Å². The molecule has 1 N–H and O–H groups in total. The number of carbonyl (C=O) groups is 1. The van der Waals surface area contributed by atoms with E-state index >= 15 is 0 Å². The first-order valence-corrected chi connectivity index (χ1v) is 6.93. The smallest absolute Gasteiger partial charge is 0.230 e. The molecule has 0 bridgehead atoms. The minimum atomic E-state index is -0.0596. The molecule has 3 nitrogen and oxygen atoms in total. The Bertz CT molecular complexity index is 406. The number of amides is 1. The summed E-state index contributed by atoms with van der Waals surface area (Å²) in [5.74, 6) is 1.14. The van der Waals surface area contributed by atoms with Crippen LogP contribution in [0, 0.1) is 0 Å². The molecule has 0 atom stereocenters. The van der Waals surface area contributed by atoms with Crippen LogP contribution < -0.4 is 10.1 Å². The molecule has 0 radical (unpaired) electrons. The Morgan fingerprint density at radius 3 is 2.67 bits per heavy atom. The fraction of sp³-hybridized carbons (Fsp3) is 0.308. The fourth-order valence-electron chi connectivity index (χ4n) is 1.19. The molecule has 18 heavy (non-hydrogen) atoms. The molecular formula is C13H16ClNO2S. The SMILES string of the molecule is C=C(Cl)CNC(=O)CSc1ccc(OCC)cc1. The molecule has 1 aromatic carbocycles. The summed E-state index contributed by atoms with van der Waals surface area (Å²) in [6.07, 6.45) is 0. The molecule has 0 unspecified atom stereocenters. The maximum Gasteiger partial charge on any atom is 0.230 e. The van der Waals surface area contributed by atoms with Gasteiger partial charge >= 0.3 is 0 Å². The van der Waals surface area contributed by atoms with E-state index in [0.29, 0.717) is 23.9 Å². The summed E-state index contributed by atoms with van der Waals surface area (Å²) in [7, 11) is 0. The molecule has 0 aromatic heterocycles. The van der Waals surface area contributed by atoms with Gasteiger partial charge in [-0.05, 0) is 31.2 Å². The molecule has 0 spiro atoms. The molecule has 0 saturated heterocycles. The third-order valence-electron chi connectivity index (χ3n) is 1.98.